The summed E-state index contributed by atoms with van der Waals surface area (Å²) in [6, 6.07) is 23.4. The minimum Gasteiger partial charge on any atom is -0.347 e. The number of benzene rings is 2. The van der Waals surface area contributed by atoms with E-state index in [1.165, 1.54) is 22.3 Å². The van der Waals surface area contributed by atoms with E-state index in [4.69, 9.17) is 9.47 Å². The molecule has 4 heteroatoms. The molecule has 2 aliphatic rings. The molecule has 148 valence electrons. The van der Waals surface area contributed by atoms with Gasteiger partial charge in [-0.3, -0.25) is 4.98 Å². The van der Waals surface area contributed by atoms with Crippen LogP contribution in [0.3, 0.4) is 0 Å². The van der Waals surface area contributed by atoms with Crippen molar-refractivity contribution >= 4 is 0 Å². The third-order valence-corrected chi connectivity index (χ3v) is 5.86. The molecule has 1 unspecified atom stereocenters. The zero-order chi connectivity index (χ0) is 19.5. The second kappa shape index (κ2) is 8.07. The van der Waals surface area contributed by atoms with E-state index in [9.17, 15) is 0 Å². The summed E-state index contributed by atoms with van der Waals surface area (Å²) in [6.45, 7) is 2.57. The lowest BCUT2D eigenvalue weighted by Gasteiger charge is -2.32. The molecular formula is C25H26N2O2. The predicted octanol–water partition coefficient (Wildman–Crippen LogP) is 4.45. The molecule has 2 saturated heterocycles. The standard InChI is InChI=1S/C25H26N2O2/c1-2-4-19(5-3-1)20-6-8-21(9-7-20)22-10-13-27-23(16-22)17-24-18-28-25(29-24)11-14-26-15-12-25/h1-10,13,16,24,26H,11-12,14-15,17-18H2. The van der Waals surface area contributed by atoms with Crippen LogP contribution in [0.1, 0.15) is 18.5 Å². The van der Waals surface area contributed by atoms with Gasteiger partial charge in [-0.2, -0.15) is 0 Å². The number of hydrogen-bond donors (Lipinski definition) is 1. The van der Waals surface area contributed by atoms with Crippen LogP contribution in [0.2, 0.25) is 0 Å². The average molecular weight is 386 g/mol. The van der Waals surface area contributed by atoms with Crippen LogP contribution in [-0.4, -0.2) is 36.6 Å². The zero-order valence-electron chi connectivity index (χ0n) is 16.5. The van der Waals surface area contributed by atoms with Crippen molar-refractivity contribution in [3.63, 3.8) is 0 Å². The molecule has 2 aliphatic heterocycles. The Morgan fingerprint density at radius 3 is 2.31 bits per heavy atom. The summed E-state index contributed by atoms with van der Waals surface area (Å²) in [5.41, 5.74) is 5.90. The van der Waals surface area contributed by atoms with Crippen molar-refractivity contribution < 1.29 is 9.47 Å². The van der Waals surface area contributed by atoms with Crippen molar-refractivity contribution in [2.75, 3.05) is 19.7 Å². The van der Waals surface area contributed by atoms with Gasteiger partial charge in [-0.1, -0.05) is 54.6 Å². The monoisotopic (exact) mass is 386 g/mol. The molecule has 1 spiro atoms. The maximum absolute atomic E-state index is 6.30. The molecule has 1 aromatic heterocycles. The van der Waals surface area contributed by atoms with Crippen LogP contribution in [0.5, 0.6) is 0 Å². The van der Waals surface area contributed by atoms with Crippen LogP contribution in [0, 0.1) is 0 Å². The van der Waals surface area contributed by atoms with E-state index in [1.54, 1.807) is 0 Å². The number of nitrogens with zero attached hydrogens (tertiary/aromatic N) is 1. The smallest absolute Gasteiger partial charge is 0.171 e. The van der Waals surface area contributed by atoms with E-state index in [1.807, 2.05) is 12.3 Å². The molecule has 2 fully saturated rings. The van der Waals surface area contributed by atoms with Crippen LogP contribution in [0.25, 0.3) is 22.3 Å². The van der Waals surface area contributed by atoms with Gasteiger partial charge in [-0.15, -0.1) is 0 Å². The van der Waals surface area contributed by atoms with Gasteiger partial charge in [0.05, 0.1) is 12.7 Å². The van der Waals surface area contributed by atoms with E-state index in [0.717, 1.165) is 38.0 Å². The summed E-state index contributed by atoms with van der Waals surface area (Å²) >= 11 is 0. The van der Waals surface area contributed by atoms with Gasteiger partial charge in [0.1, 0.15) is 0 Å². The molecule has 0 saturated carbocycles. The van der Waals surface area contributed by atoms with E-state index in [0.29, 0.717) is 6.61 Å². The maximum Gasteiger partial charge on any atom is 0.171 e. The normalized spacial score (nSPS) is 20.8. The van der Waals surface area contributed by atoms with Gasteiger partial charge in [0, 0.05) is 44.2 Å². The van der Waals surface area contributed by atoms with Gasteiger partial charge in [-0.25, -0.2) is 0 Å². The van der Waals surface area contributed by atoms with Crippen LogP contribution in [-0.2, 0) is 15.9 Å². The van der Waals surface area contributed by atoms with Gasteiger partial charge in [0.15, 0.2) is 5.79 Å². The lowest BCUT2D eigenvalue weighted by Crippen LogP contribution is -2.43. The molecule has 0 aliphatic carbocycles. The molecule has 0 amide bonds. The quantitative estimate of drug-likeness (QED) is 0.719. The Morgan fingerprint density at radius 2 is 1.55 bits per heavy atom. The number of rotatable bonds is 4. The highest BCUT2D eigenvalue weighted by Gasteiger charge is 2.42. The minimum absolute atomic E-state index is 0.0799. The molecule has 0 radical (unpaired) electrons. The highest BCUT2D eigenvalue weighted by Crippen LogP contribution is 2.33. The number of aromatic nitrogens is 1. The summed E-state index contributed by atoms with van der Waals surface area (Å²) in [4.78, 5) is 4.58. The topological polar surface area (TPSA) is 43.4 Å². The van der Waals surface area contributed by atoms with E-state index in [-0.39, 0.29) is 11.9 Å². The summed E-state index contributed by atoms with van der Waals surface area (Å²) in [7, 11) is 0. The van der Waals surface area contributed by atoms with Crippen LogP contribution >= 0.6 is 0 Å². The minimum atomic E-state index is -0.374. The van der Waals surface area contributed by atoms with Crippen LogP contribution in [0.15, 0.2) is 72.9 Å². The van der Waals surface area contributed by atoms with Gasteiger partial charge < -0.3 is 14.8 Å². The first-order valence-corrected chi connectivity index (χ1v) is 10.4. The third kappa shape index (κ3) is 4.10. The summed E-state index contributed by atoms with van der Waals surface area (Å²) < 4.78 is 12.3. The highest BCUT2D eigenvalue weighted by molar-refractivity contribution is 5.70. The fourth-order valence-electron chi connectivity index (χ4n) is 4.28. The first-order chi connectivity index (χ1) is 14.3. The van der Waals surface area contributed by atoms with E-state index in [2.05, 4.69) is 71.0 Å². The second-order valence-corrected chi connectivity index (χ2v) is 7.89. The van der Waals surface area contributed by atoms with Crippen molar-refractivity contribution in [3.05, 3.63) is 78.6 Å². The van der Waals surface area contributed by atoms with Crippen molar-refractivity contribution in [2.45, 2.75) is 31.2 Å². The Morgan fingerprint density at radius 1 is 0.862 bits per heavy atom. The molecular weight excluding hydrogens is 360 g/mol. The lowest BCUT2D eigenvalue weighted by molar-refractivity contribution is -0.182. The molecule has 1 atom stereocenters. The molecule has 3 aromatic rings. The number of pyridine rings is 1. The Balaban J connectivity index is 1.29. The fourth-order valence-corrected chi connectivity index (χ4v) is 4.28. The molecule has 2 aromatic carbocycles. The largest absolute Gasteiger partial charge is 0.347 e. The molecule has 5 rings (SSSR count). The van der Waals surface area contributed by atoms with Gasteiger partial charge in [-0.05, 0) is 34.4 Å². The Labute approximate surface area is 171 Å². The number of hydrogen-bond acceptors (Lipinski definition) is 4. The molecule has 1 N–H and O–H groups in total. The van der Waals surface area contributed by atoms with Crippen molar-refractivity contribution in [1.29, 1.82) is 0 Å². The predicted molar refractivity (Wildman–Crippen MR) is 114 cm³/mol. The Hall–Kier alpha value is -2.53. The maximum atomic E-state index is 6.30. The van der Waals surface area contributed by atoms with Crippen molar-refractivity contribution in [2.24, 2.45) is 0 Å². The summed E-state index contributed by atoms with van der Waals surface area (Å²) in [5.74, 6) is -0.374. The number of piperidine rings is 1. The van der Waals surface area contributed by atoms with Gasteiger partial charge in [0.2, 0.25) is 0 Å². The van der Waals surface area contributed by atoms with Crippen molar-refractivity contribution in [1.82, 2.24) is 10.3 Å². The second-order valence-electron chi connectivity index (χ2n) is 7.89. The van der Waals surface area contributed by atoms with Gasteiger partial charge in [0.25, 0.3) is 0 Å². The SMILES string of the molecule is c1ccc(-c2ccc(-c3ccnc(CC4COC5(CCNCC5)O4)c3)cc2)cc1. The fraction of sp³-hybridized carbons (Fsp3) is 0.320. The summed E-state index contributed by atoms with van der Waals surface area (Å²) in [5, 5.41) is 3.37. The molecule has 29 heavy (non-hydrogen) atoms. The van der Waals surface area contributed by atoms with Crippen LogP contribution < -0.4 is 5.32 Å². The van der Waals surface area contributed by atoms with E-state index < -0.39 is 0 Å². The molecule has 3 heterocycles. The first-order valence-electron chi connectivity index (χ1n) is 10.4. The first kappa shape index (κ1) is 18.5. The van der Waals surface area contributed by atoms with E-state index >= 15 is 0 Å². The zero-order valence-corrected chi connectivity index (χ0v) is 16.5. The molecule has 4 nitrogen and oxygen atoms in total. The van der Waals surface area contributed by atoms with Crippen LogP contribution in [0.4, 0.5) is 0 Å². The highest BCUT2D eigenvalue weighted by atomic mass is 16.7. The van der Waals surface area contributed by atoms with Crippen molar-refractivity contribution in [3.8, 4) is 22.3 Å². The lowest BCUT2D eigenvalue weighted by atomic mass is 10.00. The number of ether oxygens (including phenoxy) is 2. The summed E-state index contributed by atoms with van der Waals surface area (Å²) in [6.07, 6.45) is 4.60. The third-order valence-electron chi connectivity index (χ3n) is 5.86. The average Bonchev–Trinajstić information content (AvgIpc) is 3.16. The molecule has 0 bridgehead atoms. The number of nitrogens with one attached hydrogen (secondary N) is 1. The van der Waals surface area contributed by atoms with Gasteiger partial charge >= 0.3 is 0 Å². The Bertz CT molecular complexity index is 950. The Kier molecular flexibility index (Phi) is 5.15.